The van der Waals surface area contributed by atoms with E-state index < -0.39 is 17.2 Å². The van der Waals surface area contributed by atoms with Crippen LogP contribution in [-0.2, 0) is 16.0 Å². The molecule has 0 radical (unpaired) electrons. The third-order valence-electron chi connectivity index (χ3n) is 5.25. The maximum atomic E-state index is 14.5. The summed E-state index contributed by atoms with van der Waals surface area (Å²) in [6.45, 7) is 5.86. The van der Waals surface area contributed by atoms with Gasteiger partial charge in [-0.3, -0.25) is 4.79 Å². The quantitative estimate of drug-likeness (QED) is 0.376. The molecule has 0 atom stereocenters. The second-order valence-electron chi connectivity index (χ2n) is 9.12. The first kappa shape index (κ1) is 23.9. The second kappa shape index (κ2) is 9.30. The number of pyridine rings is 1. The Balaban J connectivity index is 1.47. The van der Waals surface area contributed by atoms with Crippen molar-refractivity contribution < 1.29 is 23.0 Å². The van der Waals surface area contributed by atoms with Gasteiger partial charge in [-0.15, -0.1) is 11.3 Å². The van der Waals surface area contributed by atoms with Crippen LogP contribution in [0.1, 0.15) is 25.6 Å². The Bertz CT molecular complexity index is 1440. The maximum Gasteiger partial charge on any atom is 0.325 e. The van der Waals surface area contributed by atoms with Crippen molar-refractivity contribution in [1.82, 2.24) is 19.7 Å². The van der Waals surface area contributed by atoms with Crippen LogP contribution >= 0.6 is 11.3 Å². The number of thiophene rings is 1. The number of carbonyl (C=O) groups is 1. The fraction of sp³-hybridized carbons (Fsp3) is 0.280. The molecule has 0 bridgehead atoms. The van der Waals surface area contributed by atoms with Gasteiger partial charge in [0.2, 0.25) is 0 Å². The average molecular weight is 512 g/mol. The number of hydrogen-bond donors (Lipinski definition) is 1. The van der Waals surface area contributed by atoms with E-state index in [4.69, 9.17) is 14.5 Å². The van der Waals surface area contributed by atoms with Gasteiger partial charge in [0.1, 0.15) is 47.2 Å². The van der Waals surface area contributed by atoms with E-state index in [0.717, 1.165) is 21.4 Å². The monoisotopic (exact) mass is 511 g/mol. The number of rotatable bonds is 5. The van der Waals surface area contributed by atoms with Gasteiger partial charge in [-0.1, -0.05) is 0 Å². The Hall–Kier alpha value is -3.86. The summed E-state index contributed by atoms with van der Waals surface area (Å²) in [6.07, 6.45) is 1.98. The highest BCUT2D eigenvalue weighted by Gasteiger charge is 2.24. The number of esters is 1. The molecule has 0 saturated carbocycles. The number of halogens is 2. The molecule has 0 spiro atoms. The van der Waals surface area contributed by atoms with Gasteiger partial charge in [0.25, 0.3) is 0 Å². The van der Waals surface area contributed by atoms with Crippen molar-refractivity contribution in [2.45, 2.75) is 32.8 Å². The number of ether oxygens (including phenoxy) is 2. The van der Waals surface area contributed by atoms with Crippen molar-refractivity contribution >= 4 is 23.1 Å². The van der Waals surface area contributed by atoms with Crippen molar-refractivity contribution in [3.8, 4) is 33.4 Å². The number of aromatic nitrogens is 4. The predicted molar refractivity (Wildman–Crippen MR) is 131 cm³/mol. The summed E-state index contributed by atoms with van der Waals surface area (Å²) >= 11 is 1.48. The molecule has 1 aromatic carbocycles. The molecular weight excluding hydrogens is 488 g/mol. The van der Waals surface area contributed by atoms with Crippen LogP contribution in [0.15, 0.2) is 42.7 Å². The van der Waals surface area contributed by atoms with Gasteiger partial charge in [0, 0.05) is 22.9 Å². The Kier molecular flexibility index (Phi) is 6.17. The van der Waals surface area contributed by atoms with Crippen LogP contribution in [0.25, 0.3) is 27.6 Å². The van der Waals surface area contributed by atoms with Crippen molar-refractivity contribution in [3.63, 3.8) is 0 Å². The Morgan fingerprint density at radius 1 is 1.22 bits per heavy atom. The van der Waals surface area contributed by atoms with Gasteiger partial charge in [-0.25, -0.2) is 23.4 Å². The molecule has 0 saturated heterocycles. The lowest BCUT2D eigenvalue weighted by Gasteiger charge is -2.19. The minimum absolute atomic E-state index is 0.0298. The minimum atomic E-state index is -0.735. The molecule has 0 aliphatic carbocycles. The lowest BCUT2D eigenvalue weighted by Crippen LogP contribution is -2.28. The van der Waals surface area contributed by atoms with E-state index in [0.29, 0.717) is 36.1 Å². The summed E-state index contributed by atoms with van der Waals surface area (Å²) in [5.41, 5.74) is 1.01. The maximum absolute atomic E-state index is 14.5. The second-order valence-corrected chi connectivity index (χ2v) is 10.3. The molecule has 0 fully saturated rings. The van der Waals surface area contributed by atoms with E-state index in [9.17, 15) is 13.6 Å². The van der Waals surface area contributed by atoms with Crippen LogP contribution in [0.5, 0.6) is 5.75 Å². The predicted octanol–water partition coefficient (Wildman–Crippen LogP) is 5.02. The van der Waals surface area contributed by atoms with E-state index in [2.05, 4.69) is 15.4 Å². The standard InChI is InChI=1S/C25H23F2N5O3S/c1-25(2,3)35-22(33)12-28-21-7-6-18-23(31-21)15-11-20(36-19(15)8-9-34-18)24-29-13-30-32(24)17-5-4-14(26)10-16(17)27/h4-7,10-11,13H,8-9,12H2,1-3H3,(H,28,31). The number of fused-ring (bicyclic) bond motifs is 3. The molecule has 3 aromatic heterocycles. The van der Waals surface area contributed by atoms with E-state index in [-0.39, 0.29) is 18.2 Å². The molecular formula is C25H23F2N5O3S. The summed E-state index contributed by atoms with van der Waals surface area (Å²) in [4.78, 5) is 22.9. The molecule has 8 nitrogen and oxygen atoms in total. The fourth-order valence-corrected chi connectivity index (χ4v) is 4.94. The smallest absolute Gasteiger partial charge is 0.325 e. The lowest BCUT2D eigenvalue weighted by molar-refractivity contribution is -0.152. The first-order valence-corrected chi connectivity index (χ1v) is 12.1. The Labute approximate surface area is 209 Å². The molecule has 1 aliphatic heterocycles. The molecule has 4 heterocycles. The number of hydrogen-bond acceptors (Lipinski definition) is 8. The van der Waals surface area contributed by atoms with Gasteiger partial charge in [-0.2, -0.15) is 5.10 Å². The van der Waals surface area contributed by atoms with Crippen molar-refractivity contribution in [3.05, 3.63) is 59.2 Å². The van der Waals surface area contributed by atoms with Crippen LogP contribution < -0.4 is 10.1 Å². The van der Waals surface area contributed by atoms with E-state index >= 15 is 0 Å². The summed E-state index contributed by atoms with van der Waals surface area (Å²) in [5.74, 6) is -0.241. The number of carbonyl (C=O) groups excluding carboxylic acids is 1. The number of nitrogens with zero attached hydrogens (tertiary/aromatic N) is 4. The highest BCUT2D eigenvalue weighted by atomic mass is 32.1. The Morgan fingerprint density at radius 2 is 2.06 bits per heavy atom. The zero-order valence-electron chi connectivity index (χ0n) is 19.8. The molecule has 0 amide bonds. The highest BCUT2D eigenvalue weighted by Crippen LogP contribution is 2.42. The summed E-state index contributed by atoms with van der Waals surface area (Å²) < 4.78 is 40.5. The zero-order chi connectivity index (χ0) is 25.4. The van der Waals surface area contributed by atoms with Crippen molar-refractivity contribution in [1.29, 1.82) is 0 Å². The third-order valence-corrected chi connectivity index (χ3v) is 6.44. The third kappa shape index (κ3) is 4.92. The number of nitrogens with one attached hydrogen (secondary N) is 1. The molecule has 5 rings (SSSR count). The van der Waals surface area contributed by atoms with Gasteiger partial charge in [0.05, 0.1) is 11.5 Å². The van der Waals surface area contributed by atoms with E-state index in [1.807, 2.05) is 32.9 Å². The van der Waals surface area contributed by atoms with Crippen LogP contribution in [0.4, 0.5) is 14.6 Å². The van der Waals surface area contributed by atoms with E-state index in [1.165, 1.54) is 34.5 Å². The molecule has 0 unspecified atom stereocenters. The van der Waals surface area contributed by atoms with Crippen LogP contribution in [0, 0.1) is 11.6 Å². The van der Waals surface area contributed by atoms with Crippen molar-refractivity contribution in [2.75, 3.05) is 18.5 Å². The van der Waals surface area contributed by atoms with Crippen LogP contribution in [0.2, 0.25) is 0 Å². The molecule has 186 valence electrons. The normalized spacial score (nSPS) is 12.8. The topological polar surface area (TPSA) is 91.2 Å². The number of anilines is 1. The molecule has 11 heteroatoms. The van der Waals surface area contributed by atoms with Crippen LogP contribution in [-0.4, -0.2) is 44.5 Å². The Morgan fingerprint density at radius 3 is 2.83 bits per heavy atom. The minimum Gasteiger partial charge on any atom is -0.491 e. The van der Waals surface area contributed by atoms with Gasteiger partial charge in [0.15, 0.2) is 11.6 Å². The summed E-state index contributed by atoms with van der Waals surface area (Å²) in [5, 5.41) is 7.17. The fourth-order valence-electron chi connectivity index (χ4n) is 3.81. The molecule has 1 aliphatic rings. The molecule has 4 aromatic rings. The summed E-state index contributed by atoms with van der Waals surface area (Å²) in [7, 11) is 0. The number of benzene rings is 1. The first-order valence-electron chi connectivity index (χ1n) is 11.3. The average Bonchev–Trinajstić information content (AvgIpc) is 3.41. The SMILES string of the molecule is CC(C)(C)OC(=O)CNc1ccc2c(n1)-c1cc(-c3ncnn3-c3ccc(F)cc3F)sc1CCO2. The van der Waals surface area contributed by atoms with Crippen molar-refractivity contribution in [2.24, 2.45) is 0 Å². The largest absolute Gasteiger partial charge is 0.491 e. The van der Waals surface area contributed by atoms with Crippen LogP contribution in [0.3, 0.4) is 0 Å². The summed E-state index contributed by atoms with van der Waals surface area (Å²) in [6, 6.07) is 8.79. The van der Waals surface area contributed by atoms with Gasteiger partial charge >= 0.3 is 5.97 Å². The highest BCUT2D eigenvalue weighted by molar-refractivity contribution is 7.16. The molecule has 36 heavy (non-hydrogen) atoms. The lowest BCUT2D eigenvalue weighted by atomic mass is 10.1. The first-order chi connectivity index (χ1) is 17.2. The molecule has 1 N–H and O–H groups in total. The van der Waals surface area contributed by atoms with E-state index in [1.54, 1.807) is 6.07 Å². The zero-order valence-corrected chi connectivity index (χ0v) is 20.7. The van der Waals surface area contributed by atoms with Gasteiger partial charge in [-0.05, 0) is 51.1 Å². The van der Waals surface area contributed by atoms with Gasteiger partial charge < -0.3 is 14.8 Å².